The van der Waals surface area contributed by atoms with E-state index >= 15 is 0 Å². The van der Waals surface area contributed by atoms with Gasteiger partial charge in [0, 0.05) is 68.9 Å². The molecule has 7 rings (SSSR count). The van der Waals surface area contributed by atoms with Crippen molar-refractivity contribution in [2.24, 2.45) is 0 Å². The van der Waals surface area contributed by atoms with Gasteiger partial charge in [0.25, 0.3) is 5.91 Å². The van der Waals surface area contributed by atoms with Crippen molar-refractivity contribution in [2.45, 2.75) is 38.0 Å². The highest BCUT2D eigenvalue weighted by molar-refractivity contribution is 5.89. The largest absolute Gasteiger partial charge is 0.489 e. The summed E-state index contributed by atoms with van der Waals surface area (Å²) in [6, 6.07) is 16.7. The van der Waals surface area contributed by atoms with Crippen molar-refractivity contribution < 1.29 is 19.4 Å². The summed E-state index contributed by atoms with van der Waals surface area (Å²) >= 11 is 0. The van der Waals surface area contributed by atoms with E-state index in [2.05, 4.69) is 55.1 Å². The number of benzene rings is 2. The molecule has 12 nitrogen and oxygen atoms in total. The second kappa shape index (κ2) is 12.4. The van der Waals surface area contributed by atoms with E-state index in [0.29, 0.717) is 66.0 Å². The Hall–Kier alpha value is -4.57. The van der Waals surface area contributed by atoms with Gasteiger partial charge < -0.3 is 29.4 Å². The second-order valence-corrected chi connectivity index (χ2v) is 11.9. The Balaban J connectivity index is 1.05. The Morgan fingerprint density at radius 3 is 2.44 bits per heavy atom. The highest BCUT2D eigenvalue weighted by Gasteiger charge is 2.29. The Morgan fingerprint density at radius 2 is 1.78 bits per heavy atom. The number of nitrogens with one attached hydrogen (secondary N) is 1. The average molecular weight is 609 g/mol. The molecule has 1 unspecified atom stereocenters. The van der Waals surface area contributed by atoms with Gasteiger partial charge in [-0.1, -0.05) is 0 Å². The molecule has 12 heteroatoms. The van der Waals surface area contributed by atoms with Crippen molar-refractivity contribution in [1.29, 1.82) is 5.26 Å². The number of amides is 1. The van der Waals surface area contributed by atoms with Crippen molar-refractivity contribution in [3.8, 4) is 34.5 Å². The predicted molar refractivity (Wildman–Crippen MR) is 168 cm³/mol. The van der Waals surface area contributed by atoms with Gasteiger partial charge in [0.2, 0.25) is 0 Å². The van der Waals surface area contributed by atoms with Crippen LogP contribution < -0.4 is 9.64 Å². The second-order valence-electron chi connectivity index (χ2n) is 11.9. The fourth-order valence-electron chi connectivity index (χ4n) is 6.29. The van der Waals surface area contributed by atoms with E-state index in [0.717, 1.165) is 50.5 Å². The molecule has 3 aliphatic heterocycles. The quantitative estimate of drug-likeness (QED) is 0.321. The number of likely N-dealkylation sites (tertiary alicyclic amines) is 1. The monoisotopic (exact) mass is 608 g/mol. The van der Waals surface area contributed by atoms with Gasteiger partial charge in [-0.3, -0.25) is 9.69 Å². The minimum Gasteiger partial charge on any atom is -0.489 e. The predicted octanol–water partition coefficient (Wildman–Crippen LogP) is 2.83. The number of aliphatic hydroxyl groups is 1. The summed E-state index contributed by atoms with van der Waals surface area (Å²) in [5.74, 6) is 0.928. The maximum atomic E-state index is 12.1. The standard InChI is InChI=1S/C33H36N8O4/c1-21(42)33(43)41-10-8-27(9-11-41)45-28-7-4-23(16-24(28)17-34)29-30-32(36-20-35-29)38-31(37-30)22-2-5-25(6-3-22)39-12-14-40(15-13-39)26-18-44-19-26/h2-7,16,20-21,26-27,42H,8-15,18-19H2,1H3,(H,35,36,37,38). The van der Waals surface area contributed by atoms with Crippen LogP contribution in [0.2, 0.25) is 0 Å². The number of ether oxygens (including phenoxy) is 2. The van der Waals surface area contributed by atoms with Gasteiger partial charge in [-0.05, 0) is 49.4 Å². The van der Waals surface area contributed by atoms with Gasteiger partial charge in [-0.25, -0.2) is 15.0 Å². The van der Waals surface area contributed by atoms with Crippen molar-refractivity contribution in [3.05, 3.63) is 54.4 Å². The first kappa shape index (κ1) is 29.2. The lowest BCUT2D eigenvalue weighted by Crippen LogP contribution is -2.56. The third-order valence-corrected chi connectivity index (χ3v) is 9.02. The van der Waals surface area contributed by atoms with Crippen LogP contribution in [0.15, 0.2) is 48.8 Å². The first-order valence-electron chi connectivity index (χ1n) is 15.5. The normalized spacial score (nSPS) is 18.9. The molecule has 1 atom stereocenters. The van der Waals surface area contributed by atoms with E-state index < -0.39 is 6.10 Å². The third kappa shape index (κ3) is 5.94. The molecule has 3 saturated heterocycles. The average Bonchev–Trinajstić information content (AvgIpc) is 3.49. The van der Waals surface area contributed by atoms with Gasteiger partial charge in [-0.2, -0.15) is 5.26 Å². The molecule has 2 aromatic carbocycles. The van der Waals surface area contributed by atoms with Crippen LogP contribution in [0.1, 0.15) is 25.3 Å². The van der Waals surface area contributed by atoms with Crippen molar-refractivity contribution >= 4 is 22.8 Å². The summed E-state index contributed by atoms with van der Waals surface area (Å²) in [6.45, 7) is 8.30. The zero-order chi connectivity index (χ0) is 30.9. The van der Waals surface area contributed by atoms with Crippen LogP contribution in [0.4, 0.5) is 5.69 Å². The summed E-state index contributed by atoms with van der Waals surface area (Å²) in [7, 11) is 0. The molecule has 0 spiro atoms. The van der Waals surface area contributed by atoms with Gasteiger partial charge >= 0.3 is 0 Å². The number of aromatic amines is 1. The molecule has 3 aliphatic rings. The van der Waals surface area contributed by atoms with Gasteiger partial charge in [0.1, 0.15) is 47.4 Å². The third-order valence-electron chi connectivity index (χ3n) is 9.02. The molecule has 2 N–H and O–H groups in total. The Labute approximate surface area is 261 Å². The number of H-pyrrole nitrogens is 1. The first-order chi connectivity index (χ1) is 22.0. The molecule has 5 heterocycles. The molecular weight excluding hydrogens is 572 g/mol. The fraction of sp³-hybridized carbons (Fsp3) is 0.424. The number of anilines is 1. The molecule has 0 saturated carbocycles. The van der Waals surface area contributed by atoms with Crippen LogP contribution in [0.3, 0.4) is 0 Å². The first-order valence-corrected chi connectivity index (χ1v) is 15.5. The lowest BCUT2D eigenvalue weighted by molar-refractivity contribution is -0.141. The van der Waals surface area contributed by atoms with E-state index in [1.54, 1.807) is 17.0 Å². The van der Waals surface area contributed by atoms with E-state index in [4.69, 9.17) is 14.5 Å². The van der Waals surface area contributed by atoms with Gasteiger partial charge in [0.15, 0.2) is 5.65 Å². The molecule has 4 aromatic rings. The number of nitriles is 1. The van der Waals surface area contributed by atoms with E-state index in [1.807, 2.05) is 6.07 Å². The number of aromatic nitrogens is 4. The Kier molecular flexibility index (Phi) is 8.06. The fourth-order valence-corrected chi connectivity index (χ4v) is 6.29. The summed E-state index contributed by atoms with van der Waals surface area (Å²) < 4.78 is 11.6. The Bertz CT molecular complexity index is 1710. The van der Waals surface area contributed by atoms with Crippen LogP contribution >= 0.6 is 0 Å². The number of nitrogens with zero attached hydrogens (tertiary/aromatic N) is 7. The van der Waals surface area contributed by atoms with Crippen LogP contribution in [-0.2, 0) is 9.53 Å². The summed E-state index contributed by atoms with van der Waals surface area (Å²) in [6.07, 6.45) is 1.61. The van der Waals surface area contributed by atoms with Crippen molar-refractivity contribution in [2.75, 3.05) is 57.4 Å². The number of piperidine rings is 1. The minimum absolute atomic E-state index is 0.126. The lowest BCUT2D eigenvalue weighted by atomic mass is 10.0. The topological polar surface area (TPSA) is 144 Å². The Morgan fingerprint density at radius 1 is 1.04 bits per heavy atom. The van der Waals surface area contributed by atoms with Crippen LogP contribution in [0, 0.1) is 11.3 Å². The number of fused-ring (bicyclic) bond motifs is 1. The number of rotatable bonds is 7. The zero-order valence-corrected chi connectivity index (χ0v) is 25.2. The maximum absolute atomic E-state index is 12.1. The number of hydrogen-bond donors (Lipinski definition) is 2. The van der Waals surface area contributed by atoms with E-state index in [9.17, 15) is 15.2 Å². The molecule has 1 amide bonds. The molecule has 0 bridgehead atoms. The molecule has 3 fully saturated rings. The lowest BCUT2D eigenvalue weighted by Gasteiger charge is -2.43. The number of piperazine rings is 1. The molecule has 45 heavy (non-hydrogen) atoms. The van der Waals surface area contributed by atoms with Gasteiger partial charge in [0.05, 0.1) is 24.8 Å². The molecule has 2 aromatic heterocycles. The zero-order valence-electron chi connectivity index (χ0n) is 25.2. The summed E-state index contributed by atoms with van der Waals surface area (Å²) in [5, 5.41) is 19.5. The number of hydrogen-bond acceptors (Lipinski definition) is 10. The highest BCUT2D eigenvalue weighted by atomic mass is 16.5. The summed E-state index contributed by atoms with van der Waals surface area (Å²) in [5.41, 5.74) is 5.16. The molecule has 232 valence electrons. The number of aliphatic hydroxyl groups excluding tert-OH is 1. The molecule has 0 aliphatic carbocycles. The molecule has 0 radical (unpaired) electrons. The van der Waals surface area contributed by atoms with E-state index in [1.165, 1.54) is 18.9 Å². The van der Waals surface area contributed by atoms with Crippen LogP contribution in [0.5, 0.6) is 5.75 Å². The van der Waals surface area contributed by atoms with E-state index in [-0.39, 0.29) is 12.0 Å². The summed E-state index contributed by atoms with van der Waals surface area (Å²) in [4.78, 5) is 35.8. The van der Waals surface area contributed by atoms with Crippen molar-refractivity contribution in [1.82, 2.24) is 29.7 Å². The van der Waals surface area contributed by atoms with Crippen LogP contribution in [0.25, 0.3) is 33.8 Å². The number of imidazole rings is 1. The van der Waals surface area contributed by atoms with Crippen molar-refractivity contribution in [3.63, 3.8) is 0 Å². The highest BCUT2D eigenvalue weighted by Crippen LogP contribution is 2.32. The number of carbonyl (C=O) groups excluding carboxylic acids is 1. The smallest absolute Gasteiger partial charge is 0.251 e. The SMILES string of the molecule is CC(O)C(=O)N1CCC(Oc2ccc(-c3ncnc4[nH]c(-c5ccc(N6CCN(C7COC7)CC6)cc5)nc34)cc2C#N)CC1. The molecular formula is C33H36N8O4. The van der Waals surface area contributed by atoms with Crippen LogP contribution in [-0.4, -0.2) is 111 Å². The number of carbonyl (C=O) groups is 1. The van der Waals surface area contributed by atoms with Gasteiger partial charge in [-0.15, -0.1) is 0 Å². The minimum atomic E-state index is -1.01. The maximum Gasteiger partial charge on any atom is 0.251 e.